The van der Waals surface area contributed by atoms with Crippen LogP contribution in [-0.4, -0.2) is 15.5 Å². The van der Waals surface area contributed by atoms with Crippen molar-refractivity contribution in [1.29, 1.82) is 0 Å². The number of fused-ring (bicyclic) bond motifs is 1. The topological polar surface area (TPSA) is 46.9 Å². The third kappa shape index (κ3) is 3.26. The number of imidazole rings is 1. The first kappa shape index (κ1) is 15.3. The van der Waals surface area contributed by atoms with E-state index in [1.165, 1.54) is 11.1 Å². The minimum Gasteiger partial charge on any atom is -0.350 e. The van der Waals surface area contributed by atoms with Gasteiger partial charge in [0.15, 0.2) is 0 Å². The molecule has 0 atom stereocenters. The number of aromatic nitrogens is 2. The highest BCUT2D eigenvalue weighted by Gasteiger charge is 2.12. The lowest BCUT2D eigenvalue weighted by molar-refractivity contribution is -0.121. The molecule has 118 valence electrons. The molecule has 0 aliphatic heterocycles. The van der Waals surface area contributed by atoms with E-state index in [1.807, 2.05) is 41.8 Å². The van der Waals surface area contributed by atoms with Crippen molar-refractivity contribution in [3.05, 3.63) is 65.0 Å². The summed E-state index contributed by atoms with van der Waals surface area (Å²) in [7, 11) is 0. The lowest BCUT2D eigenvalue weighted by atomic mass is 10.1. The largest absolute Gasteiger partial charge is 0.350 e. The Labute approximate surface area is 136 Å². The Morgan fingerprint density at radius 1 is 1.09 bits per heavy atom. The molecule has 4 nitrogen and oxygen atoms in total. The highest BCUT2D eigenvalue weighted by atomic mass is 16.1. The average Bonchev–Trinajstić information content (AvgIpc) is 2.82. The Morgan fingerprint density at radius 3 is 2.52 bits per heavy atom. The maximum Gasteiger partial charge on any atom is 0.240 e. The lowest BCUT2D eigenvalue weighted by Gasteiger charge is -2.09. The van der Waals surface area contributed by atoms with Gasteiger partial charge in [0.1, 0.15) is 12.4 Å². The van der Waals surface area contributed by atoms with Crippen LogP contribution >= 0.6 is 0 Å². The molecule has 23 heavy (non-hydrogen) atoms. The van der Waals surface area contributed by atoms with Crippen LogP contribution in [0.4, 0.5) is 0 Å². The average molecular weight is 307 g/mol. The Kier molecular flexibility index (Phi) is 4.15. The molecule has 1 aromatic heterocycles. The smallest absolute Gasteiger partial charge is 0.240 e. The summed E-state index contributed by atoms with van der Waals surface area (Å²) < 4.78 is 1.97. The summed E-state index contributed by atoms with van der Waals surface area (Å²) in [6.07, 6.45) is 0. The molecule has 0 saturated heterocycles. The summed E-state index contributed by atoms with van der Waals surface area (Å²) in [4.78, 5) is 16.8. The number of hydrogen-bond acceptors (Lipinski definition) is 2. The maximum atomic E-state index is 12.3. The molecule has 0 aliphatic rings. The van der Waals surface area contributed by atoms with Gasteiger partial charge < -0.3 is 9.88 Å². The second-order valence-corrected chi connectivity index (χ2v) is 5.93. The highest BCUT2D eigenvalue weighted by molar-refractivity contribution is 5.82. The number of nitrogens with zero attached hydrogens (tertiary/aromatic N) is 2. The van der Waals surface area contributed by atoms with Crippen molar-refractivity contribution >= 4 is 16.9 Å². The van der Waals surface area contributed by atoms with E-state index in [-0.39, 0.29) is 12.5 Å². The van der Waals surface area contributed by atoms with Crippen LogP contribution in [-0.2, 0) is 17.9 Å². The molecule has 0 aliphatic carbocycles. The van der Waals surface area contributed by atoms with Gasteiger partial charge >= 0.3 is 0 Å². The SMILES string of the molecule is Cc1cc2nc(C)n(CC(=O)NCc3ccccc3)c2cc1C. The molecule has 1 amide bonds. The van der Waals surface area contributed by atoms with Crippen LogP contribution < -0.4 is 5.32 Å². The van der Waals surface area contributed by atoms with Gasteiger partial charge in [0, 0.05) is 6.54 Å². The second kappa shape index (κ2) is 6.24. The zero-order chi connectivity index (χ0) is 16.4. The lowest BCUT2D eigenvalue weighted by Crippen LogP contribution is -2.27. The van der Waals surface area contributed by atoms with Gasteiger partial charge in [0.2, 0.25) is 5.91 Å². The molecule has 3 aromatic rings. The van der Waals surface area contributed by atoms with E-state index >= 15 is 0 Å². The van der Waals surface area contributed by atoms with E-state index in [0.717, 1.165) is 22.4 Å². The number of nitrogens with one attached hydrogen (secondary N) is 1. The van der Waals surface area contributed by atoms with Crippen LogP contribution in [0.1, 0.15) is 22.5 Å². The van der Waals surface area contributed by atoms with Crippen molar-refractivity contribution < 1.29 is 4.79 Å². The van der Waals surface area contributed by atoms with E-state index < -0.39 is 0 Å². The standard InChI is InChI=1S/C19H21N3O/c1-13-9-17-18(10-14(13)2)22(15(3)21-17)12-19(23)20-11-16-7-5-4-6-8-16/h4-10H,11-12H2,1-3H3,(H,20,23). The van der Waals surface area contributed by atoms with Crippen LogP contribution in [0.2, 0.25) is 0 Å². The van der Waals surface area contributed by atoms with Crippen molar-refractivity contribution in [3.8, 4) is 0 Å². The van der Waals surface area contributed by atoms with Crippen LogP contribution in [0.15, 0.2) is 42.5 Å². The predicted molar refractivity (Wildman–Crippen MR) is 92.2 cm³/mol. The summed E-state index contributed by atoms with van der Waals surface area (Å²) >= 11 is 0. The number of rotatable bonds is 4. The Balaban J connectivity index is 1.77. The van der Waals surface area contributed by atoms with Crippen LogP contribution in [0, 0.1) is 20.8 Å². The normalized spacial score (nSPS) is 10.9. The Hall–Kier alpha value is -2.62. The van der Waals surface area contributed by atoms with Gasteiger partial charge in [-0.2, -0.15) is 0 Å². The number of aryl methyl sites for hydroxylation is 3. The van der Waals surface area contributed by atoms with Crippen molar-refractivity contribution in [2.45, 2.75) is 33.9 Å². The minimum atomic E-state index is -0.00511. The monoisotopic (exact) mass is 307 g/mol. The minimum absolute atomic E-state index is 0.00511. The summed E-state index contributed by atoms with van der Waals surface area (Å²) in [5, 5.41) is 2.97. The third-order valence-electron chi connectivity index (χ3n) is 4.19. The first-order valence-corrected chi connectivity index (χ1v) is 7.79. The van der Waals surface area contributed by atoms with Gasteiger partial charge in [-0.3, -0.25) is 4.79 Å². The molecular formula is C19H21N3O. The quantitative estimate of drug-likeness (QED) is 0.804. The van der Waals surface area contributed by atoms with Crippen molar-refractivity contribution in [2.24, 2.45) is 0 Å². The molecule has 0 fully saturated rings. The molecule has 0 saturated carbocycles. The zero-order valence-electron chi connectivity index (χ0n) is 13.8. The molecular weight excluding hydrogens is 286 g/mol. The zero-order valence-corrected chi connectivity index (χ0v) is 13.8. The first-order valence-electron chi connectivity index (χ1n) is 7.79. The fourth-order valence-electron chi connectivity index (χ4n) is 2.70. The highest BCUT2D eigenvalue weighted by Crippen LogP contribution is 2.20. The van der Waals surface area contributed by atoms with Gasteiger partial charge in [-0.15, -0.1) is 0 Å². The van der Waals surface area contributed by atoms with Gasteiger partial charge in [-0.05, 0) is 49.6 Å². The number of amides is 1. The summed E-state index contributed by atoms with van der Waals surface area (Å²) in [5.74, 6) is 0.856. The molecule has 4 heteroatoms. The van der Waals surface area contributed by atoms with E-state index in [2.05, 4.69) is 36.3 Å². The molecule has 0 bridgehead atoms. The fourth-order valence-corrected chi connectivity index (χ4v) is 2.70. The summed E-state index contributed by atoms with van der Waals surface area (Å²) in [5.41, 5.74) is 5.49. The predicted octanol–water partition coefficient (Wildman–Crippen LogP) is 3.28. The Bertz CT molecular complexity index is 850. The van der Waals surface area contributed by atoms with Gasteiger partial charge in [0.05, 0.1) is 11.0 Å². The second-order valence-electron chi connectivity index (χ2n) is 5.93. The fraction of sp³-hybridized carbons (Fsp3) is 0.263. The van der Waals surface area contributed by atoms with Gasteiger partial charge in [-0.25, -0.2) is 4.98 Å². The maximum absolute atomic E-state index is 12.3. The molecule has 0 spiro atoms. The van der Waals surface area contributed by atoms with Gasteiger partial charge in [0.25, 0.3) is 0 Å². The molecule has 1 N–H and O–H groups in total. The number of hydrogen-bond donors (Lipinski definition) is 1. The van der Waals surface area contributed by atoms with Crippen LogP contribution in [0.25, 0.3) is 11.0 Å². The third-order valence-corrected chi connectivity index (χ3v) is 4.19. The van der Waals surface area contributed by atoms with Gasteiger partial charge in [-0.1, -0.05) is 30.3 Å². The number of carbonyl (C=O) groups is 1. The Morgan fingerprint density at radius 2 is 1.78 bits per heavy atom. The molecule has 0 radical (unpaired) electrons. The van der Waals surface area contributed by atoms with E-state index in [0.29, 0.717) is 6.54 Å². The van der Waals surface area contributed by atoms with Crippen molar-refractivity contribution in [3.63, 3.8) is 0 Å². The summed E-state index contributed by atoms with van der Waals surface area (Å²) in [6.45, 7) is 6.93. The molecule has 1 heterocycles. The molecule has 3 rings (SSSR count). The molecule has 0 unspecified atom stereocenters. The van der Waals surface area contributed by atoms with Crippen molar-refractivity contribution in [2.75, 3.05) is 0 Å². The number of benzene rings is 2. The summed E-state index contributed by atoms with van der Waals surface area (Å²) in [6, 6.07) is 14.1. The molecule has 2 aromatic carbocycles. The van der Waals surface area contributed by atoms with E-state index in [9.17, 15) is 4.79 Å². The van der Waals surface area contributed by atoms with E-state index in [4.69, 9.17) is 0 Å². The van der Waals surface area contributed by atoms with Crippen molar-refractivity contribution in [1.82, 2.24) is 14.9 Å². The van der Waals surface area contributed by atoms with E-state index in [1.54, 1.807) is 0 Å². The number of carbonyl (C=O) groups excluding carboxylic acids is 1. The van der Waals surface area contributed by atoms with Crippen LogP contribution in [0.5, 0.6) is 0 Å². The van der Waals surface area contributed by atoms with Crippen LogP contribution in [0.3, 0.4) is 0 Å². The first-order chi connectivity index (χ1) is 11.0.